The molecule has 1 amide bonds. The van der Waals surface area contributed by atoms with Crippen molar-refractivity contribution in [1.29, 1.82) is 5.26 Å². The number of β-lactam (4-membered cyclic amide) rings is 1. The van der Waals surface area contributed by atoms with Gasteiger partial charge in [0.2, 0.25) is 6.10 Å². The van der Waals surface area contributed by atoms with E-state index in [4.69, 9.17) is 14.7 Å². The smallest absolute Gasteiger partial charge is 0.266 e. The predicted molar refractivity (Wildman–Crippen MR) is 103 cm³/mol. The number of rotatable bonds is 5. The molecule has 2 fully saturated rings. The molecular weight excluding hydrogens is 427 g/mol. The van der Waals surface area contributed by atoms with Crippen LogP contribution in [0.2, 0.25) is 0 Å². The average molecular weight is 445 g/mol. The average Bonchev–Trinajstić information content (AvgIpc) is 3.21. The molecule has 0 bridgehead atoms. The van der Waals surface area contributed by atoms with Crippen molar-refractivity contribution in [2.24, 2.45) is 0 Å². The molecule has 2 aromatic rings. The number of ether oxygens (including phenoxy) is 2. The third kappa shape index (κ3) is 3.62. The van der Waals surface area contributed by atoms with Crippen LogP contribution in [-0.4, -0.2) is 36.2 Å². The standard InChI is InChI=1S/C21H18BrFN2O3/c22-17-10-15(23)7-8-18(17)28-20-19(14-5-3-13(11-24)4-6-14)25(21(20)26)12-16-2-1-9-27-16/h3-8,10,16,19-20H,1-2,9,12H2/t16-,19+,20+/m0/s1. The summed E-state index contributed by atoms with van der Waals surface area (Å²) >= 11 is 3.28. The molecule has 4 rings (SSSR count). The molecule has 144 valence electrons. The molecule has 2 heterocycles. The van der Waals surface area contributed by atoms with Gasteiger partial charge in [-0.2, -0.15) is 5.26 Å². The normalized spacial score (nSPS) is 24.0. The van der Waals surface area contributed by atoms with Crippen molar-refractivity contribution in [2.75, 3.05) is 13.2 Å². The molecule has 3 atom stereocenters. The molecule has 0 spiro atoms. The third-order valence-electron chi connectivity index (χ3n) is 5.10. The minimum absolute atomic E-state index is 0.0309. The number of carbonyl (C=O) groups is 1. The van der Waals surface area contributed by atoms with Gasteiger partial charge in [-0.15, -0.1) is 0 Å². The minimum Gasteiger partial charge on any atom is -0.477 e. The summed E-state index contributed by atoms with van der Waals surface area (Å²) in [7, 11) is 0. The van der Waals surface area contributed by atoms with Gasteiger partial charge in [0.05, 0.1) is 22.2 Å². The van der Waals surface area contributed by atoms with Gasteiger partial charge in [-0.05, 0) is 64.7 Å². The Hall–Kier alpha value is -2.43. The zero-order valence-electron chi connectivity index (χ0n) is 15.0. The van der Waals surface area contributed by atoms with Crippen molar-refractivity contribution < 1.29 is 18.7 Å². The quantitative estimate of drug-likeness (QED) is 0.654. The molecule has 28 heavy (non-hydrogen) atoms. The lowest BCUT2D eigenvalue weighted by molar-refractivity contribution is -0.167. The fourth-order valence-electron chi connectivity index (χ4n) is 3.66. The number of amides is 1. The van der Waals surface area contributed by atoms with E-state index in [0.29, 0.717) is 22.3 Å². The zero-order chi connectivity index (χ0) is 19.7. The topological polar surface area (TPSA) is 62.6 Å². The number of nitriles is 1. The maximum Gasteiger partial charge on any atom is 0.266 e. The highest BCUT2D eigenvalue weighted by Gasteiger charge is 2.51. The lowest BCUT2D eigenvalue weighted by Crippen LogP contribution is -2.62. The lowest BCUT2D eigenvalue weighted by Gasteiger charge is -2.47. The summed E-state index contributed by atoms with van der Waals surface area (Å²) < 4.78 is 25.5. The van der Waals surface area contributed by atoms with Gasteiger partial charge in [0.15, 0.2) is 0 Å². The summed E-state index contributed by atoms with van der Waals surface area (Å²) in [5.41, 5.74) is 1.44. The van der Waals surface area contributed by atoms with Gasteiger partial charge in [-0.25, -0.2) is 4.39 Å². The van der Waals surface area contributed by atoms with Crippen LogP contribution in [0.1, 0.15) is 30.0 Å². The molecule has 5 nitrogen and oxygen atoms in total. The summed E-state index contributed by atoms with van der Waals surface area (Å²) in [6, 6.07) is 13.1. The first-order chi connectivity index (χ1) is 13.6. The van der Waals surface area contributed by atoms with Crippen molar-refractivity contribution in [1.82, 2.24) is 4.90 Å². The van der Waals surface area contributed by atoms with Crippen LogP contribution in [0.25, 0.3) is 0 Å². The molecule has 2 saturated heterocycles. The number of carbonyl (C=O) groups excluding carboxylic acids is 1. The maximum absolute atomic E-state index is 13.4. The zero-order valence-corrected chi connectivity index (χ0v) is 16.6. The highest BCUT2D eigenvalue weighted by molar-refractivity contribution is 9.10. The summed E-state index contributed by atoms with van der Waals surface area (Å²) in [5.74, 6) is -0.0981. The highest BCUT2D eigenvalue weighted by atomic mass is 79.9. The van der Waals surface area contributed by atoms with Gasteiger partial charge < -0.3 is 14.4 Å². The van der Waals surface area contributed by atoms with Crippen molar-refractivity contribution in [3.8, 4) is 11.8 Å². The van der Waals surface area contributed by atoms with Crippen LogP contribution in [0, 0.1) is 17.1 Å². The summed E-state index contributed by atoms with van der Waals surface area (Å²) in [4.78, 5) is 14.6. The van der Waals surface area contributed by atoms with Gasteiger partial charge in [-0.3, -0.25) is 4.79 Å². The molecular formula is C21H18BrFN2O3. The number of likely N-dealkylation sites (tertiary alicyclic amines) is 1. The number of halogens is 2. The van der Waals surface area contributed by atoms with Crippen LogP contribution in [0.3, 0.4) is 0 Å². The molecule has 2 aliphatic rings. The molecule has 7 heteroatoms. The summed E-state index contributed by atoms with van der Waals surface area (Å²) in [6.07, 6.45) is 1.25. The van der Waals surface area contributed by atoms with Crippen LogP contribution in [0.15, 0.2) is 46.9 Å². The van der Waals surface area contributed by atoms with E-state index in [1.54, 1.807) is 17.0 Å². The Labute approximate surface area is 170 Å². The van der Waals surface area contributed by atoms with Gasteiger partial charge in [0.1, 0.15) is 17.6 Å². The highest BCUT2D eigenvalue weighted by Crippen LogP contribution is 2.40. The van der Waals surface area contributed by atoms with Crippen LogP contribution >= 0.6 is 15.9 Å². The first kappa shape index (κ1) is 18.9. The Kier molecular flexibility index (Phi) is 5.33. The Balaban J connectivity index is 1.59. The van der Waals surface area contributed by atoms with Crippen molar-refractivity contribution in [2.45, 2.75) is 31.1 Å². The van der Waals surface area contributed by atoms with E-state index in [-0.39, 0.29) is 23.9 Å². The van der Waals surface area contributed by atoms with Crippen molar-refractivity contribution in [3.05, 3.63) is 63.9 Å². The van der Waals surface area contributed by atoms with Crippen LogP contribution in [0.4, 0.5) is 4.39 Å². The monoisotopic (exact) mass is 444 g/mol. The minimum atomic E-state index is -0.712. The second kappa shape index (κ2) is 7.90. The Bertz CT molecular complexity index is 922. The molecule has 0 unspecified atom stereocenters. The van der Waals surface area contributed by atoms with E-state index < -0.39 is 6.10 Å². The first-order valence-electron chi connectivity index (χ1n) is 9.10. The number of benzene rings is 2. The summed E-state index contributed by atoms with van der Waals surface area (Å²) in [6.45, 7) is 1.23. The Morgan fingerprint density at radius 2 is 2.07 bits per heavy atom. The molecule has 0 N–H and O–H groups in total. The van der Waals surface area contributed by atoms with Crippen molar-refractivity contribution >= 4 is 21.8 Å². The number of hydrogen-bond acceptors (Lipinski definition) is 4. The fraction of sp³-hybridized carbons (Fsp3) is 0.333. The number of hydrogen-bond donors (Lipinski definition) is 0. The van der Waals surface area contributed by atoms with Gasteiger partial charge in [0, 0.05) is 13.2 Å². The third-order valence-corrected chi connectivity index (χ3v) is 5.72. The van der Waals surface area contributed by atoms with E-state index in [2.05, 4.69) is 22.0 Å². The molecule has 0 radical (unpaired) electrons. The van der Waals surface area contributed by atoms with Gasteiger partial charge in [0.25, 0.3) is 5.91 Å². The Morgan fingerprint density at radius 3 is 2.71 bits per heavy atom. The van der Waals surface area contributed by atoms with Crippen LogP contribution in [-0.2, 0) is 9.53 Å². The SMILES string of the molecule is N#Cc1ccc([C@@H]2[C@@H](Oc3ccc(F)cc3Br)C(=O)N2C[C@@H]2CCCO2)cc1. The fourth-order valence-corrected chi connectivity index (χ4v) is 4.10. The molecule has 2 aromatic carbocycles. The maximum atomic E-state index is 13.4. The second-order valence-corrected chi connectivity index (χ2v) is 7.77. The largest absolute Gasteiger partial charge is 0.477 e. The van der Waals surface area contributed by atoms with Gasteiger partial charge in [-0.1, -0.05) is 12.1 Å². The lowest BCUT2D eigenvalue weighted by atomic mass is 9.89. The van der Waals surface area contributed by atoms with Crippen molar-refractivity contribution in [3.63, 3.8) is 0 Å². The Morgan fingerprint density at radius 1 is 1.29 bits per heavy atom. The van der Waals surface area contributed by atoms with Crippen LogP contribution < -0.4 is 4.74 Å². The number of nitrogens with zero attached hydrogens (tertiary/aromatic N) is 2. The summed E-state index contributed by atoms with van der Waals surface area (Å²) in [5, 5.41) is 9.03. The van der Waals surface area contributed by atoms with E-state index in [9.17, 15) is 9.18 Å². The molecule has 0 aromatic heterocycles. The molecule has 2 aliphatic heterocycles. The second-order valence-electron chi connectivity index (χ2n) is 6.92. The first-order valence-corrected chi connectivity index (χ1v) is 9.90. The predicted octanol–water partition coefficient (Wildman–Crippen LogP) is 3.97. The van der Waals surface area contributed by atoms with E-state index >= 15 is 0 Å². The van der Waals surface area contributed by atoms with Crippen LogP contribution in [0.5, 0.6) is 5.75 Å². The van der Waals surface area contributed by atoms with Gasteiger partial charge >= 0.3 is 0 Å². The van der Waals surface area contributed by atoms with E-state index in [1.165, 1.54) is 18.2 Å². The molecule has 0 saturated carbocycles. The van der Waals surface area contributed by atoms with E-state index in [0.717, 1.165) is 25.0 Å². The van der Waals surface area contributed by atoms with E-state index in [1.807, 2.05) is 12.1 Å². The molecule has 0 aliphatic carbocycles.